The fraction of sp³-hybridized carbons (Fsp3) is 0.500. The molecule has 22 heteroatoms. The predicted molar refractivity (Wildman–Crippen MR) is 209 cm³/mol. The third-order valence-electron chi connectivity index (χ3n) is 9.22. The van der Waals surface area contributed by atoms with Crippen molar-refractivity contribution in [3.63, 3.8) is 0 Å². The fourth-order valence-electron chi connectivity index (χ4n) is 6.44. The van der Waals surface area contributed by atoms with E-state index in [0.717, 1.165) is 5.56 Å². The molecule has 2 saturated heterocycles. The number of hydrogen-bond donors (Lipinski definition) is 5. The normalized spacial score (nSPS) is 24.4. The van der Waals surface area contributed by atoms with Crippen molar-refractivity contribution < 1.29 is 61.1 Å². The summed E-state index contributed by atoms with van der Waals surface area (Å²) in [4.78, 5) is 67.4. The van der Waals surface area contributed by atoms with Crippen LogP contribution in [0.15, 0.2) is 54.9 Å². The highest BCUT2D eigenvalue weighted by Crippen LogP contribution is 2.55. The first-order valence-electron chi connectivity index (χ1n) is 19.1. The van der Waals surface area contributed by atoms with Crippen LogP contribution in [-0.4, -0.2) is 98.9 Å². The van der Waals surface area contributed by atoms with Crippen LogP contribution in [0.25, 0.3) is 0 Å². The number of nitrogens with zero attached hydrogens (tertiary/aromatic N) is 3. The maximum absolute atomic E-state index is 13.7. The molecule has 0 saturated carbocycles. The van der Waals surface area contributed by atoms with Crippen molar-refractivity contribution in [2.75, 3.05) is 11.9 Å². The lowest BCUT2D eigenvalue weighted by molar-refractivity contribution is -0.201. The Labute approximate surface area is 345 Å². The molecule has 1 aromatic heterocycles. The lowest BCUT2D eigenvalue weighted by Crippen LogP contribution is -2.55. The Hall–Kier alpha value is -5.44. The highest BCUT2D eigenvalue weighted by molar-refractivity contribution is 7.49. The molecule has 4 heterocycles. The molecule has 3 aliphatic heterocycles. The molecule has 0 spiro atoms. The van der Waals surface area contributed by atoms with E-state index in [1.165, 1.54) is 37.0 Å². The van der Waals surface area contributed by atoms with Crippen molar-refractivity contribution in [3.8, 4) is 5.75 Å². The number of alkyl carbamates (subject to hydrolysis) is 1. The van der Waals surface area contributed by atoms with E-state index in [9.17, 15) is 28.5 Å². The highest BCUT2D eigenvalue weighted by atomic mass is 31.2. The van der Waals surface area contributed by atoms with Gasteiger partial charge < -0.3 is 50.5 Å². The van der Waals surface area contributed by atoms with Gasteiger partial charge in [-0.25, -0.2) is 19.0 Å². The number of anilines is 1. The van der Waals surface area contributed by atoms with Crippen LogP contribution >= 0.6 is 7.82 Å². The number of carbonyl (C=O) groups is 5. The molecule has 0 aliphatic carbocycles. The number of fused-ring (bicyclic) bond motifs is 2. The minimum Gasteiger partial charge on any atom is -0.444 e. The third kappa shape index (κ3) is 11.0. The van der Waals surface area contributed by atoms with Gasteiger partial charge in [-0.2, -0.15) is 0 Å². The zero-order valence-corrected chi connectivity index (χ0v) is 34.9. The summed E-state index contributed by atoms with van der Waals surface area (Å²) in [5.41, 5.74) is 6.06. The fourth-order valence-corrected chi connectivity index (χ4v) is 7.66. The van der Waals surface area contributed by atoms with E-state index in [-0.39, 0.29) is 31.2 Å². The number of hydrogen-bond acceptors (Lipinski definition) is 15. The molecule has 0 radical (unpaired) electrons. The van der Waals surface area contributed by atoms with Crippen LogP contribution in [-0.2, 0) is 60.0 Å². The van der Waals surface area contributed by atoms with E-state index in [4.69, 9.17) is 38.3 Å². The monoisotopic (exact) mass is 856 g/mol. The van der Waals surface area contributed by atoms with E-state index in [1.807, 2.05) is 6.07 Å². The number of phosphoric ester groups is 1. The number of aromatic nitrogens is 3. The van der Waals surface area contributed by atoms with Gasteiger partial charge in [0.05, 0.1) is 13.2 Å². The molecule has 2 fully saturated rings. The second-order valence-electron chi connectivity index (χ2n) is 15.8. The van der Waals surface area contributed by atoms with E-state index in [1.54, 1.807) is 65.0 Å². The zero-order chi connectivity index (χ0) is 43.6. The summed E-state index contributed by atoms with van der Waals surface area (Å²) in [5.74, 6) is -3.69. The summed E-state index contributed by atoms with van der Waals surface area (Å²) in [6.07, 6.45) is -2.47. The summed E-state index contributed by atoms with van der Waals surface area (Å²) >= 11 is 0. The molecule has 0 bridgehead atoms. The lowest BCUT2D eigenvalue weighted by atomic mass is 10.0. The van der Waals surface area contributed by atoms with Crippen molar-refractivity contribution in [2.45, 2.75) is 116 Å². The van der Waals surface area contributed by atoms with Crippen LogP contribution in [0.1, 0.15) is 76.4 Å². The van der Waals surface area contributed by atoms with Gasteiger partial charge in [0.15, 0.2) is 12.0 Å². The van der Waals surface area contributed by atoms with Crippen LogP contribution in [0, 0.1) is 0 Å². The summed E-state index contributed by atoms with van der Waals surface area (Å²) in [6.45, 7) is 10.9. The smallest absolute Gasteiger partial charge is 0.444 e. The van der Waals surface area contributed by atoms with Crippen LogP contribution < -0.4 is 31.5 Å². The highest BCUT2D eigenvalue weighted by Gasteiger charge is 2.57. The zero-order valence-electron chi connectivity index (χ0n) is 34.0. The quantitative estimate of drug-likeness (QED) is 0.146. The topological polar surface area (TPSA) is 272 Å². The van der Waals surface area contributed by atoms with Gasteiger partial charge in [0.1, 0.15) is 54.1 Å². The molecule has 6 N–H and O–H groups in total. The van der Waals surface area contributed by atoms with Crippen molar-refractivity contribution in [3.05, 3.63) is 71.8 Å². The predicted octanol–water partition coefficient (Wildman–Crippen LogP) is 2.61. The first-order chi connectivity index (χ1) is 28.2. The standard InChI is InChI=1S/C38H49N8O13P/c1-20(41-32(48)21(2)42-36(51)58-37(3,4)5)33(49)44-25(15-22-11-9-8-10-12-22)34(50)43-24-13-14-26-23(16-24)17-53-60(52,59-26)54-18-27-28-29(57-38(6,7)56-28)35(55-27)46-19-40-31(45-46)30(39)47/h8-14,16,19-21,25,27-29,35H,15,17-18H2,1-7H3,(H2,39,47)(H,41,48)(H,42,51)(H,43,50)(H,44,49)/t20-,21-,25-,27+,28+,29+,35+,60?/m0/s1. The average Bonchev–Trinajstić information content (AvgIpc) is 3.87. The Morgan fingerprint density at radius 3 is 2.33 bits per heavy atom. The Kier molecular flexibility index (Phi) is 13.0. The summed E-state index contributed by atoms with van der Waals surface area (Å²) < 4.78 is 55.3. The number of phosphoric acid groups is 1. The molecular weight excluding hydrogens is 807 g/mol. The number of nitrogens with one attached hydrogen (secondary N) is 4. The minimum absolute atomic E-state index is 0.113. The van der Waals surface area contributed by atoms with Gasteiger partial charge in [0, 0.05) is 17.7 Å². The first kappa shape index (κ1) is 44.1. The summed E-state index contributed by atoms with van der Waals surface area (Å²) in [5, 5.41) is 14.6. The third-order valence-corrected chi connectivity index (χ3v) is 10.6. The number of primary amides is 1. The second kappa shape index (κ2) is 17.6. The van der Waals surface area contributed by atoms with Crippen LogP contribution in [0.4, 0.5) is 10.5 Å². The SMILES string of the molecule is C[C@H](NC(=O)OC(C)(C)C)C(=O)N[C@@H](C)C(=O)N[C@@H](Cc1ccccc1)C(=O)Nc1ccc2c(c1)COP(=O)(OC[C@H]1O[C@@H](n3cnc(C(N)=O)n3)[C@@H]3OC(C)(C)O[C@@H]31)O2. The Morgan fingerprint density at radius 2 is 1.65 bits per heavy atom. The maximum Gasteiger partial charge on any atom is 0.530 e. The molecule has 8 atom stereocenters. The number of nitrogens with two attached hydrogens (primary N) is 1. The number of carbonyl (C=O) groups excluding carboxylic acids is 5. The van der Waals surface area contributed by atoms with Gasteiger partial charge >= 0.3 is 13.9 Å². The minimum atomic E-state index is -4.19. The van der Waals surface area contributed by atoms with Gasteiger partial charge in [0.25, 0.3) is 5.91 Å². The maximum atomic E-state index is 13.7. The molecule has 21 nitrogen and oxygen atoms in total. The molecule has 60 heavy (non-hydrogen) atoms. The number of benzene rings is 2. The van der Waals surface area contributed by atoms with Crippen molar-refractivity contribution in [1.29, 1.82) is 0 Å². The van der Waals surface area contributed by atoms with Crippen molar-refractivity contribution >= 4 is 43.2 Å². The van der Waals surface area contributed by atoms with Crippen LogP contribution in [0.5, 0.6) is 5.75 Å². The molecular formula is C38H49N8O13P. The number of rotatable bonds is 14. The van der Waals surface area contributed by atoms with E-state index in [2.05, 4.69) is 31.3 Å². The molecule has 5 amide bonds. The molecule has 3 aliphatic rings. The summed E-state index contributed by atoms with van der Waals surface area (Å²) in [7, 11) is -4.19. The largest absolute Gasteiger partial charge is 0.530 e. The van der Waals surface area contributed by atoms with Gasteiger partial charge in [-0.05, 0) is 72.2 Å². The van der Waals surface area contributed by atoms with E-state index >= 15 is 0 Å². The van der Waals surface area contributed by atoms with Crippen LogP contribution in [0.2, 0.25) is 0 Å². The van der Waals surface area contributed by atoms with Gasteiger partial charge in [-0.3, -0.25) is 28.2 Å². The van der Waals surface area contributed by atoms with Crippen molar-refractivity contribution in [2.24, 2.45) is 5.73 Å². The lowest BCUT2D eigenvalue weighted by Gasteiger charge is -2.27. The second-order valence-corrected chi connectivity index (χ2v) is 17.4. The first-order valence-corrected chi connectivity index (χ1v) is 20.5. The summed E-state index contributed by atoms with van der Waals surface area (Å²) in [6, 6.07) is 10.4. The van der Waals surface area contributed by atoms with Gasteiger partial charge in [-0.1, -0.05) is 30.3 Å². The van der Waals surface area contributed by atoms with E-state index in [0.29, 0.717) is 11.3 Å². The molecule has 2 aromatic carbocycles. The molecule has 1 unspecified atom stereocenters. The molecule has 3 aromatic rings. The number of ether oxygens (including phenoxy) is 4. The van der Waals surface area contributed by atoms with Crippen molar-refractivity contribution in [1.82, 2.24) is 30.7 Å². The van der Waals surface area contributed by atoms with Gasteiger partial charge in [0.2, 0.25) is 23.5 Å². The Balaban J connectivity index is 1.06. The average molecular weight is 857 g/mol. The Morgan fingerprint density at radius 1 is 0.967 bits per heavy atom. The molecule has 324 valence electrons. The van der Waals surface area contributed by atoms with Crippen LogP contribution in [0.3, 0.4) is 0 Å². The Bertz CT molecular complexity index is 2150. The van der Waals surface area contributed by atoms with Gasteiger partial charge in [-0.15, -0.1) is 5.10 Å². The van der Waals surface area contributed by atoms with E-state index < -0.39 is 91.6 Å². The number of amides is 5. The molecule has 6 rings (SSSR count).